The van der Waals surface area contributed by atoms with E-state index in [1.54, 1.807) is 7.11 Å². The van der Waals surface area contributed by atoms with Gasteiger partial charge in [-0.1, -0.05) is 60.7 Å². The van der Waals surface area contributed by atoms with Gasteiger partial charge in [-0.2, -0.15) is 0 Å². The van der Waals surface area contributed by atoms with E-state index in [9.17, 15) is 4.79 Å². The molecule has 0 unspecified atom stereocenters. The van der Waals surface area contributed by atoms with Crippen LogP contribution in [0, 0.1) is 0 Å². The third-order valence-corrected chi connectivity index (χ3v) is 5.53. The molecule has 31 heavy (non-hydrogen) atoms. The van der Waals surface area contributed by atoms with E-state index in [0.717, 1.165) is 30.6 Å². The number of nitrogens with zero attached hydrogens (tertiary/aromatic N) is 1. The number of carbonyl (C=O) groups is 1. The van der Waals surface area contributed by atoms with Crippen molar-refractivity contribution in [2.24, 2.45) is 0 Å². The van der Waals surface area contributed by atoms with Crippen molar-refractivity contribution in [2.45, 2.75) is 26.1 Å². The lowest BCUT2D eigenvalue weighted by atomic mass is 10.00. The van der Waals surface area contributed by atoms with Gasteiger partial charge in [-0.25, -0.2) is 0 Å². The average molecular weight is 417 g/mol. The van der Waals surface area contributed by atoms with E-state index in [0.29, 0.717) is 31.2 Å². The van der Waals surface area contributed by atoms with Crippen molar-refractivity contribution in [2.75, 3.05) is 20.2 Å². The Hall–Kier alpha value is -3.31. The van der Waals surface area contributed by atoms with Gasteiger partial charge in [0, 0.05) is 19.6 Å². The number of rotatable bonds is 8. The molecule has 0 bridgehead atoms. The highest BCUT2D eigenvalue weighted by molar-refractivity contribution is 5.78. The minimum atomic E-state index is 0.0303. The molecule has 4 rings (SSSR count). The first-order valence-electron chi connectivity index (χ1n) is 10.6. The molecule has 0 aromatic heterocycles. The summed E-state index contributed by atoms with van der Waals surface area (Å²) in [6, 6.07) is 24.2. The lowest BCUT2D eigenvalue weighted by Gasteiger charge is -2.28. The largest absolute Gasteiger partial charge is 0.493 e. The van der Waals surface area contributed by atoms with Crippen molar-refractivity contribution >= 4 is 5.91 Å². The molecule has 1 heterocycles. The molecule has 1 N–H and O–H groups in total. The summed E-state index contributed by atoms with van der Waals surface area (Å²) >= 11 is 0. The van der Waals surface area contributed by atoms with E-state index in [1.807, 2.05) is 48.5 Å². The lowest BCUT2D eigenvalue weighted by molar-refractivity contribution is -0.122. The third kappa shape index (κ3) is 5.64. The predicted molar refractivity (Wildman–Crippen MR) is 121 cm³/mol. The summed E-state index contributed by atoms with van der Waals surface area (Å²) in [7, 11) is 1.63. The van der Waals surface area contributed by atoms with Gasteiger partial charge in [0.25, 0.3) is 0 Å². The summed E-state index contributed by atoms with van der Waals surface area (Å²) in [4.78, 5) is 14.7. The molecule has 1 aliphatic heterocycles. The summed E-state index contributed by atoms with van der Waals surface area (Å²) in [5.74, 6) is 1.38. The maximum atomic E-state index is 12.5. The molecule has 0 atom stereocenters. The van der Waals surface area contributed by atoms with Crippen LogP contribution >= 0.6 is 0 Å². The van der Waals surface area contributed by atoms with Gasteiger partial charge < -0.3 is 14.8 Å². The normalized spacial score (nSPS) is 13.3. The second-order valence-electron chi connectivity index (χ2n) is 7.77. The van der Waals surface area contributed by atoms with E-state index in [1.165, 1.54) is 11.1 Å². The Kier molecular flexibility index (Phi) is 6.85. The van der Waals surface area contributed by atoms with E-state index in [2.05, 4.69) is 34.5 Å². The minimum Gasteiger partial charge on any atom is -0.493 e. The quantitative estimate of drug-likeness (QED) is 0.604. The highest BCUT2D eigenvalue weighted by atomic mass is 16.5. The summed E-state index contributed by atoms with van der Waals surface area (Å²) in [5, 5.41) is 3.02. The molecule has 3 aromatic rings. The maximum absolute atomic E-state index is 12.5. The Morgan fingerprint density at radius 1 is 0.935 bits per heavy atom. The van der Waals surface area contributed by atoms with Gasteiger partial charge in [-0.15, -0.1) is 0 Å². The molecule has 1 aliphatic rings. The average Bonchev–Trinajstić information content (AvgIpc) is 2.82. The summed E-state index contributed by atoms with van der Waals surface area (Å²) in [6.45, 7) is 3.07. The van der Waals surface area contributed by atoms with Crippen LogP contribution in [0.2, 0.25) is 0 Å². The number of fused-ring (bicyclic) bond motifs is 1. The number of carbonyl (C=O) groups excluding carboxylic acids is 1. The molecule has 0 spiro atoms. The number of hydrogen-bond acceptors (Lipinski definition) is 4. The zero-order valence-electron chi connectivity index (χ0n) is 17.8. The number of hydrogen-bond donors (Lipinski definition) is 1. The van der Waals surface area contributed by atoms with Crippen molar-refractivity contribution in [3.8, 4) is 11.5 Å². The van der Waals surface area contributed by atoms with Gasteiger partial charge >= 0.3 is 0 Å². The van der Waals surface area contributed by atoms with Gasteiger partial charge in [0.1, 0.15) is 6.61 Å². The third-order valence-electron chi connectivity index (χ3n) is 5.53. The van der Waals surface area contributed by atoms with Crippen molar-refractivity contribution in [3.63, 3.8) is 0 Å². The standard InChI is InChI=1S/C26H28N2O3/c1-30-25-15-21(11-12-24(25)31-19-20-7-3-2-4-8-20)16-27-26(29)18-28-14-13-22-9-5-6-10-23(22)17-28/h2-12,15H,13-14,16-19H2,1H3,(H,27,29). The Bertz CT molecular complexity index is 1020. The molecule has 0 saturated heterocycles. The van der Waals surface area contributed by atoms with E-state index >= 15 is 0 Å². The number of amides is 1. The zero-order chi connectivity index (χ0) is 21.5. The van der Waals surface area contributed by atoms with E-state index in [4.69, 9.17) is 9.47 Å². The summed E-state index contributed by atoms with van der Waals surface area (Å²) in [6.07, 6.45) is 0.991. The Morgan fingerprint density at radius 2 is 1.71 bits per heavy atom. The van der Waals surface area contributed by atoms with Crippen LogP contribution in [0.4, 0.5) is 0 Å². The second-order valence-corrected chi connectivity index (χ2v) is 7.77. The molecule has 0 radical (unpaired) electrons. The monoisotopic (exact) mass is 416 g/mol. The highest BCUT2D eigenvalue weighted by Crippen LogP contribution is 2.29. The second kappa shape index (κ2) is 10.1. The molecule has 0 saturated carbocycles. The number of nitrogens with one attached hydrogen (secondary N) is 1. The van der Waals surface area contributed by atoms with Crippen molar-refractivity contribution < 1.29 is 14.3 Å². The molecule has 0 aliphatic carbocycles. The van der Waals surface area contributed by atoms with Crippen molar-refractivity contribution in [1.29, 1.82) is 0 Å². The first-order chi connectivity index (χ1) is 15.2. The fraction of sp³-hybridized carbons (Fsp3) is 0.269. The summed E-state index contributed by atoms with van der Waals surface area (Å²) < 4.78 is 11.4. The van der Waals surface area contributed by atoms with Gasteiger partial charge in [-0.05, 0) is 40.8 Å². The van der Waals surface area contributed by atoms with Crippen LogP contribution in [0.5, 0.6) is 11.5 Å². The van der Waals surface area contributed by atoms with Crippen LogP contribution in [0.1, 0.15) is 22.3 Å². The smallest absolute Gasteiger partial charge is 0.234 e. The first-order valence-corrected chi connectivity index (χ1v) is 10.6. The van der Waals surface area contributed by atoms with Crippen LogP contribution < -0.4 is 14.8 Å². The SMILES string of the molecule is COc1cc(CNC(=O)CN2CCc3ccccc3C2)ccc1OCc1ccccc1. The molecule has 0 fully saturated rings. The number of benzene rings is 3. The lowest BCUT2D eigenvalue weighted by Crippen LogP contribution is -2.39. The van der Waals surface area contributed by atoms with E-state index < -0.39 is 0 Å². The van der Waals surface area contributed by atoms with Crippen LogP contribution in [-0.2, 0) is 30.9 Å². The Labute approximate surface area is 183 Å². The fourth-order valence-corrected chi connectivity index (χ4v) is 3.83. The van der Waals surface area contributed by atoms with Crippen molar-refractivity contribution in [3.05, 3.63) is 95.1 Å². The summed E-state index contributed by atoms with van der Waals surface area (Å²) in [5.41, 5.74) is 4.78. The van der Waals surface area contributed by atoms with Crippen LogP contribution in [-0.4, -0.2) is 31.0 Å². The molecule has 3 aromatic carbocycles. The zero-order valence-corrected chi connectivity index (χ0v) is 17.8. The first kappa shape index (κ1) is 20.9. The molecule has 160 valence electrons. The van der Waals surface area contributed by atoms with Crippen LogP contribution in [0.25, 0.3) is 0 Å². The topological polar surface area (TPSA) is 50.8 Å². The Morgan fingerprint density at radius 3 is 2.52 bits per heavy atom. The van der Waals surface area contributed by atoms with Crippen LogP contribution in [0.15, 0.2) is 72.8 Å². The molecule has 1 amide bonds. The molecular weight excluding hydrogens is 388 g/mol. The van der Waals surface area contributed by atoms with Gasteiger partial charge in [-0.3, -0.25) is 9.69 Å². The van der Waals surface area contributed by atoms with Gasteiger partial charge in [0.05, 0.1) is 13.7 Å². The predicted octanol–water partition coefficient (Wildman–Crippen LogP) is 3.95. The highest BCUT2D eigenvalue weighted by Gasteiger charge is 2.18. The number of methoxy groups -OCH3 is 1. The fourth-order valence-electron chi connectivity index (χ4n) is 3.83. The molecular formula is C26H28N2O3. The van der Waals surface area contributed by atoms with Gasteiger partial charge in [0.15, 0.2) is 11.5 Å². The van der Waals surface area contributed by atoms with Crippen molar-refractivity contribution in [1.82, 2.24) is 10.2 Å². The minimum absolute atomic E-state index is 0.0303. The maximum Gasteiger partial charge on any atom is 0.234 e. The van der Waals surface area contributed by atoms with E-state index in [-0.39, 0.29) is 5.91 Å². The molecule has 5 nitrogen and oxygen atoms in total. The molecule has 5 heteroatoms. The number of ether oxygens (including phenoxy) is 2. The Balaban J connectivity index is 1.28. The van der Waals surface area contributed by atoms with Crippen LogP contribution in [0.3, 0.4) is 0 Å². The van der Waals surface area contributed by atoms with Gasteiger partial charge in [0.2, 0.25) is 5.91 Å².